The van der Waals surface area contributed by atoms with Crippen molar-refractivity contribution >= 4 is 20.0 Å². The van der Waals surface area contributed by atoms with E-state index in [1.807, 2.05) is 13.0 Å². The molecule has 134 valence electrons. The maximum atomic E-state index is 14.9. The second-order valence-corrected chi connectivity index (χ2v) is 12.3. The SMILES string of the molecule is CC1([Si](C)(C)F)CCc2c(ccc3c2C(=O)c2cccc(O)c2C3=O)C1. The molecule has 0 saturated carbocycles. The molecule has 5 heteroatoms. The third-order valence-corrected chi connectivity index (χ3v) is 9.64. The Kier molecular flexibility index (Phi) is 3.54. The summed E-state index contributed by atoms with van der Waals surface area (Å²) in [6, 6.07) is 8.12. The minimum absolute atomic E-state index is 0.0860. The van der Waals surface area contributed by atoms with Crippen LogP contribution in [0.2, 0.25) is 18.1 Å². The van der Waals surface area contributed by atoms with Crippen LogP contribution in [0.15, 0.2) is 30.3 Å². The van der Waals surface area contributed by atoms with E-state index >= 15 is 0 Å². The molecule has 0 radical (unpaired) electrons. The van der Waals surface area contributed by atoms with Crippen molar-refractivity contribution < 1.29 is 18.8 Å². The molecular formula is C21H21FO3Si. The maximum absolute atomic E-state index is 14.9. The van der Waals surface area contributed by atoms with E-state index in [4.69, 9.17) is 0 Å². The van der Waals surface area contributed by atoms with Crippen molar-refractivity contribution in [2.75, 3.05) is 0 Å². The largest absolute Gasteiger partial charge is 0.507 e. The number of halogens is 1. The van der Waals surface area contributed by atoms with Gasteiger partial charge < -0.3 is 9.21 Å². The summed E-state index contributed by atoms with van der Waals surface area (Å²) in [5, 5.41) is 9.69. The number of carbonyl (C=O) groups excluding carboxylic acids is 2. The third-order valence-electron chi connectivity index (χ3n) is 6.34. The van der Waals surface area contributed by atoms with Crippen molar-refractivity contribution in [1.29, 1.82) is 0 Å². The second kappa shape index (κ2) is 5.36. The molecule has 0 aliphatic heterocycles. The van der Waals surface area contributed by atoms with Gasteiger partial charge in [-0.05, 0) is 60.7 Å². The molecule has 0 aromatic heterocycles. The summed E-state index contributed by atoms with van der Waals surface area (Å²) in [4.78, 5) is 26.0. The molecular weight excluding hydrogens is 347 g/mol. The average molecular weight is 368 g/mol. The molecule has 2 aliphatic rings. The first-order chi connectivity index (χ1) is 12.1. The number of carbonyl (C=O) groups is 2. The van der Waals surface area contributed by atoms with Crippen molar-refractivity contribution in [2.45, 2.75) is 44.3 Å². The van der Waals surface area contributed by atoms with Crippen LogP contribution in [0, 0.1) is 0 Å². The number of rotatable bonds is 1. The molecule has 0 fully saturated rings. The minimum atomic E-state index is -2.87. The van der Waals surface area contributed by atoms with Gasteiger partial charge in [-0.1, -0.05) is 25.1 Å². The molecule has 0 amide bonds. The fourth-order valence-electron chi connectivity index (χ4n) is 4.25. The average Bonchev–Trinajstić information content (AvgIpc) is 2.57. The van der Waals surface area contributed by atoms with Gasteiger partial charge in [-0.25, -0.2) is 0 Å². The number of phenolic OH excluding ortho intramolecular Hbond substituents is 1. The van der Waals surface area contributed by atoms with Crippen molar-refractivity contribution in [1.82, 2.24) is 0 Å². The maximum Gasteiger partial charge on any atom is 0.247 e. The molecule has 3 nitrogen and oxygen atoms in total. The molecule has 4 rings (SSSR count). The van der Waals surface area contributed by atoms with Crippen LogP contribution in [0.3, 0.4) is 0 Å². The van der Waals surface area contributed by atoms with E-state index in [2.05, 4.69) is 0 Å². The molecule has 2 aliphatic carbocycles. The highest BCUT2D eigenvalue weighted by atomic mass is 28.4. The lowest BCUT2D eigenvalue weighted by Gasteiger charge is -2.41. The Bertz CT molecular complexity index is 974. The van der Waals surface area contributed by atoms with Gasteiger partial charge in [0, 0.05) is 16.7 Å². The number of aromatic hydroxyl groups is 1. The van der Waals surface area contributed by atoms with E-state index in [0.717, 1.165) is 11.1 Å². The van der Waals surface area contributed by atoms with E-state index in [1.54, 1.807) is 31.3 Å². The molecule has 26 heavy (non-hydrogen) atoms. The van der Waals surface area contributed by atoms with Crippen LogP contribution >= 0.6 is 0 Å². The molecule has 1 N–H and O–H groups in total. The Morgan fingerprint density at radius 2 is 1.69 bits per heavy atom. The first-order valence-electron chi connectivity index (χ1n) is 8.89. The summed E-state index contributed by atoms with van der Waals surface area (Å²) in [5.74, 6) is -0.700. The highest BCUT2D eigenvalue weighted by Crippen LogP contribution is 2.50. The molecule has 1 atom stereocenters. The van der Waals surface area contributed by atoms with Gasteiger partial charge in [0.2, 0.25) is 8.41 Å². The number of hydrogen-bond acceptors (Lipinski definition) is 3. The lowest BCUT2D eigenvalue weighted by Crippen LogP contribution is -2.41. The monoisotopic (exact) mass is 368 g/mol. The molecule has 0 heterocycles. The molecule has 0 saturated heterocycles. The van der Waals surface area contributed by atoms with Gasteiger partial charge in [0.05, 0.1) is 5.56 Å². The van der Waals surface area contributed by atoms with Gasteiger partial charge in [-0.3, -0.25) is 9.59 Å². The van der Waals surface area contributed by atoms with Crippen molar-refractivity contribution in [2.24, 2.45) is 0 Å². The summed E-state index contributed by atoms with van der Waals surface area (Å²) in [7, 11) is -2.87. The summed E-state index contributed by atoms with van der Waals surface area (Å²) >= 11 is 0. The predicted molar refractivity (Wildman–Crippen MR) is 100 cm³/mol. The van der Waals surface area contributed by atoms with E-state index in [0.29, 0.717) is 30.4 Å². The first-order valence-corrected chi connectivity index (χ1v) is 11.8. The van der Waals surface area contributed by atoms with Gasteiger partial charge in [0.15, 0.2) is 11.6 Å². The van der Waals surface area contributed by atoms with E-state index in [1.165, 1.54) is 6.07 Å². The van der Waals surface area contributed by atoms with Crippen LogP contribution in [-0.4, -0.2) is 25.1 Å². The first kappa shape index (κ1) is 17.2. The Labute approximate surface area is 153 Å². The van der Waals surface area contributed by atoms with E-state index < -0.39 is 8.41 Å². The molecule has 0 bridgehead atoms. The lowest BCUT2D eigenvalue weighted by molar-refractivity contribution is 0.0975. The van der Waals surface area contributed by atoms with Crippen molar-refractivity contribution in [3.63, 3.8) is 0 Å². The van der Waals surface area contributed by atoms with Gasteiger partial charge in [0.25, 0.3) is 0 Å². The minimum Gasteiger partial charge on any atom is -0.507 e. The number of ketones is 2. The fourth-order valence-corrected chi connectivity index (χ4v) is 5.58. The zero-order valence-electron chi connectivity index (χ0n) is 15.1. The standard InChI is InChI=1S/C21H21FO3Si/c1-21(26(2,3)22)10-9-13-12(11-21)7-8-15-17(13)19(24)14-5-4-6-16(23)18(14)20(15)25/h4-8,23H,9-11H2,1-3H3. The molecule has 0 spiro atoms. The van der Waals surface area contributed by atoms with E-state index in [-0.39, 0.29) is 33.5 Å². The summed E-state index contributed by atoms with van der Waals surface area (Å²) < 4.78 is 14.9. The highest BCUT2D eigenvalue weighted by Gasteiger charge is 2.47. The molecule has 2 aromatic carbocycles. The van der Waals surface area contributed by atoms with Crippen LogP contribution < -0.4 is 0 Å². The number of phenols is 1. The van der Waals surface area contributed by atoms with Crippen LogP contribution in [0.1, 0.15) is 56.3 Å². The fraction of sp³-hybridized carbons (Fsp3) is 0.333. The molecule has 1 unspecified atom stereocenters. The van der Waals surface area contributed by atoms with Crippen molar-refractivity contribution in [3.05, 3.63) is 63.7 Å². The van der Waals surface area contributed by atoms with Gasteiger partial charge in [-0.2, -0.15) is 0 Å². The Morgan fingerprint density at radius 1 is 1.04 bits per heavy atom. The smallest absolute Gasteiger partial charge is 0.247 e. The van der Waals surface area contributed by atoms with Crippen LogP contribution in [-0.2, 0) is 12.8 Å². The quantitative estimate of drug-likeness (QED) is 0.505. The predicted octanol–water partition coefficient (Wildman–Crippen LogP) is 4.59. The van der Waals surface area contributed by atoms with Crippen LogP contribution in [0.25, 0.3) is 0 Å². The van der Waals surface area contributed by atoms with Crippen molar-refractivity contribution in [3.8, 4) is 5.75 Å². The number of hydrogen-bond donors (Lipinski definition) is 1. The number of fused-ring (bicyclic) bond motifs is 4. The van der Waals surface area contributed by atoms with Gasteiger partial charge in [0.1, 0.15) is 5.75 Å². The second-order valence-electron chi connectivity index (χ2n) is 8.19. The Morgan fingerprint density at radius 3 is 2.38 bits per heavy atom. The zero-order valence-corrected chi connectivity index (χ0v) is 16.1. The van der Waals surface area contributed by atoms with E-state index in [9.17, 15) is 18.8 Å². The highest BCUT2D eigenvalue weighted by molar-refractivity contribution is 6.73. The Balaban J connectivity index is 1.88. The third kappa shape index (κ3) is 2.23. The normalized spacial score (nSPS) is 21.8. The van der Waals surface area contributed by atoms with Gasteiger partial charge >= 0.3 is 0 Å². The van der Waals surface area contributed by atoms with Crippen LogP contribution in [0.4, 0.5) is 4.11 Å². The molecule has 2 aromatic rings. The summed E-state index contributed by atoms with van der Waals surface area (Å²) in [6.07, 6.45) is 1.88. The zero-order chi connectivity index (χ0) is 18.9. The number of benzene rings is 2. The lowest BCUT2D eigenvalue weighted by atomic mass is 9.75. The topological polar surface area (TPSA) is 54.4 Å². The van der Waals surface area contributed by atoms with Gasteiger partial charge in [-0.15, -0.1) is 0 Å². The Hall–Kier alpha value is -2.27. The summed E-state index contributed by atoms with van der Waals surface area (Å²) in [5.41, 5.74) is 2.99. The summed E-state index contributed by atoms with van der Waals surface area (Å²) in [6.45, 7) is 5.48. The van der Waals surface area contributed by atoms with Crippen LogP contribution in [0.5, 0.6) is 5.75 Å².